The summed E-state index contributed by atoms with van der Waals surface area (Å²) in [5, 5.41) is 4.00. The van der Waals surface area contributed by atoms with Crippen LogP contribution in [-0.4, -0.2) is 24.5 Å². The zero-order valence-corrected chi connectivity index (χ0v) is 10.4. The lowest BCUT2D eigenvalue weighted by atomic mass is 10.2. The number of nitrogens with two attached hydrogens (primary N) is 1. The second-order valence-corrected chi connectivity index (χ2v) is 4.40. The van der Waals surface area contributed by atoms with Gasteiger partial charge < -0.3 is 16.0 Å². The topological polar surface area (TPSA) is 53.6 Å². The van der Waals surface area contributed by atoms with Crippen molar-refractivity contribution in [3.8, 4) is 0 Å². The molecule has 17 heavy (non-hydrogen) atoms. The van der Waals surface area contributed by atoms with E-state index >= 15 is 0 Å². The first-order valence-electron chi connectivity index (χ1n) is 5.36. The lowest BCUT2D eigenvalue weighted by Gasteiger charge is -2.21. The summed E-state index contributed by atoms with van der Waals surface area (Å²) in [6.07, 6.45) is 1.96. The predicted octanol–water partition coefficient (Wildman–Crippen LogP) is 1.53. The Morgan fingerprint density at radius 3 is 2.82 bits per heavy atom. The van der Waals surface area contributed by atoms with Gasteiger partial charge in [-0.1, -0.05) is 23.7 Å². The number of nitrogens with one attached hydrogen (secondary N) is 1. The molecule has 0 saturated heterocycles. The fraction of sp³-hybridized carbons (Fsp3) is 0.250. The largest absolute Gasteiger partial charge is 0.382 e. The van der Waals surface area contributed by atoms with Crippen LogP contribution in [0.4, 0.5) is 0 Å². The first-order valence-corrected chi connectivity index (χ1v) is 5.73. The van der Waals surface area contributed by atoms with Crippen LogP contribution in [0, 0.1) is 0 Å². The van der Waals surface area contributed by atoms with Crippen LogP contribution < -0.4 is 11.1 Å². The molecule has 1 aliphatic rings. The van der Waals surface area contributed by atoms with Gasteiger partial charge in [-0.3, -0.25) is 0 Å². The second kappa shape index (κ2) is 5.10. The maximum absolute atomic E-state index is 5.83. The highest BCUT2D eigenvalue weighted by Gasteiger charge is 2.08. The van der Waals surface area contributed by atoms with Gasteiger partial charge in [0.2, 0.25) is 0 Å². The first kappa shape index (κ1) is 11.8. The summed E-state index contributed by atoms with van der Waals surface area (Å²) in [6.45, 7) is 1.31. The number of amidine groups is 1. The van der Waals surface area contributed by atoms with Crippen molar-refractivity contribution in [1.82, 2.24) is 10.2 Å². The average Bonchev–Trinajstić information content (AvgIpc) is 2.32. The molecule has 4 nitrogen and oxygen atoms in total. The Morgan fingerprint density at radius 1 is 1.41 bits per heavy atom. The summed E-state index contributed by atoms with van der Waals surface area (Å²) in [5.41, 5.74) is 7.81. The molecule has 1 aromatic carbocycles. The van der Waals surface area contributed by atoms with Crippen LogP contribution >= 0.6 is 11.6 Å². The SMILES string of the molecule is CN1C=C(NCc2ccc(Cl)cc2)C(N)=NC1. The maximum Gasteiger partial charge on any atom is 0.145 e. The molecule has 3 N–H and O–H groups in total. The molecule has 0 radical (unpaired) electrons. The van der Waals surface area contributed by atoms with Gasteiger partial charge in [-0.05, 0) is 17.7 Å². The number of aliphatic imine (C=N–C) groups is 1. The molecule has 1 aromatic rings. The molecular weight excluding hydrogens is 236 g/mol. The molecule has 1 heterocycles. The van der Waals surface area contributed by atoms with E-state index in [0.29, 0.717) is 19.0 Å². The summed E-state index contributed by atoms with van der Waals surface area (Å²) in [7, 11) is 1.96. The molecule has 5 heteroatoms. The highest BCUT2D eigenvalue weighted by atomic mass is 35.5. The van der Waals surface area contributed by atoms with E-state index in [-0.39, 0.29) is 0 Å². The Balaban J connectivity index is 1.98. The van der Waals surface area contributed by atoms with Gasteiger partial charge in [0.15, 0.2) is 0 Å². The molecule has 0 fully saturated rings. The van der Waals surface area contributed by atoms with Crippen molar-refractivity contribution in [1.29, 1.82) is 0 Å². The fourth-order valence-electron chi connectivity index (χ4n) is 1.54. The third kappa shape index (κ3) is 3.14. The van der Waals surface area contributed by atoms with Crippen molar-refractivity contribution in [2.45, 2.75) is 6.54 Å². The molecule has 1 aliphatic heterocycles. The molecule has 0 spiro atoms. The molecule has 2 rings (SSSR count). The van der Waals surface area contributed by atoms with Gasteiger partial charge in [0.25, 0.3) is 0 Å². The Kier molecular flexibility index (Phi) is 3.54. The number of halogens is 1. The van der Waals surface area contributed by atoms with Crippen LogP contribution in [0.1, 0.15) is 5.56 Å². The van der Waals surface area contributed by atoms with Crippen molar-refractivity contribution in [3.05, 3.63) is 46.7 Å². The third-order valence-corrected chi connectivity index (χ3v) is 2.74. The van der Waals surface area contributed by atoms with E-state index in [2.05, 4.69) is 10.3 Å². The first-order chi connectivity index (χ1) is 8.15. The fourth-order valence-corrected chi connectivity index (χ4v) is 1.66. The van der Waals surface area contributed by atoms with E-state index in [1.54, 1.807) is 0 Å². The highest BCUT2D eigenvalue weighted by molar-refractivity contribution is 6.30. The van der Waals surface area contributed by atoms with Gasteiger partial charge in [0.1, 0.15) is 12.5 Å². The monoisotopic (exact) mass is 250 g/mol. The van der Waals surface area contributed by atoms with Crippen molar-refractivity contribution in [2.75, 3.05) is 13.7 Å². The lowest BCUT2D eigenvalue weighted by molar-refractivity contribution is 0.459. The Hall–Kier alpha value is -1.68. The van der Waals surface area contributed by atoms with Crippen molar-refractivity contribution < 1.29 is 0 Å². The van der Waals surface area contributed by atoms with E-state index in [1.165, 1.54) is 0 Å². The van der Waals surface area contributed by atoms with E-state index in [1.807, 2.05) is 42.4 Å². The molecule has 0 saturated carbocycles. The average molecular weight is 251 g/mol. The second-order valence-electron chi connectivity index (χ2n) is 3.96. The quantitative estimate of drug-likeness (QED) is 0.856. The molecule has 90 valence electrons. The zero-order valence-electron chi connectivity index (χ0n) is 9.65. The maximum atomic E-state index is 5.83. The predicted molar refractivity (Wildman–Crippen MR) is 70.6 cm³/mol. The van der Waals surface area contributed by atoms with E-state index in [4.69, 9.17) is 17.3 Å². The smallest absolute Gasteiger partial charge is 0.145 e. The van der Waals surface area contributed by atoms with Crippen LogP contribution in [0.25, 0.3) is 0 Å². The normalized spacial score (nSPS) is 15.3. The van der Waals surface area contributed by atoms with Gasteiger partial charge in [-0.15, -0.1) is 0 Å². The molecule has 0 unspecified atom stereocenters. The standard InChI is InChI=1S/C12H15ClN4/c1-17-7-11(12(14)16-8-17)15-6-9-2-4-10(13)5-3-9/h2-5,7,15H,6,8H2,1H3,(H2,14,16). The number of rotatable bonds is 3. The highest BCUT2D eigenvalue weighted by Crippen LogP contribution is 2.10. The minimum atomic E-state index is 0.553. The van der Waals surface area contributed by atoms with Crippen LogP contribution in [0.5, 0.6) is 0 Å². The Labute approximate surface area is 106 Å². The molecule has 0 atom stereocenters. The van der Waals surface area contributed by atoms with Crippen LogP contribution in [-0.2, 0) is 6.54 Å². The minimum Gasteiger partial charge on any atom is -0.382 e. The third-order valence-electron chi connectivity index (χ3n) is 2.49. The van der Waals surface area contributed by atoms with E-state index in [0.717, 1.165) is 16.3 Å². The van der Waals surface area contributed by atoms with Crippen molar-refractivity contribution in [2.24, 2.45) is 10.7 Å². The van der Waals surface area contributed by atoms with Gasteiger partial charge in [0, 0.05) is 24.8 Å². The zero-order chi connectivity index (χ0) is 12.3. The van der Waals surface area contributed by atoms with Gasteiger partial charge >= 0.3 is 0 Å². The number of hydrogen-bond acceptors (Lipinski definition) is 4. The van der Waals surface area contributed by atoms with Crippen molar-refractivity contribution >= 4 is 17.4 Å². The van der Waals surface area contributed by atoms with Crippen LogP contribution in [0.3, 0.4) is 0 Å². The summed E-state index contributed by atoms with van der Waals surface area (Å²) in [6, 6.07) is 7.71. The van der Waals surface area contributed by atoms with Crippen LogP contribution in [0.15, 0.2) is 41.2 Å². The molecule has 0 bridgehead atoms. The lowest BCUT2D eigenvalue weighted by Crippen LogP contribution is -2.33. The van der Waals surface area contributed by atoms with E-state index < -0.39 is 0 Å². The van der Waals surface area contributed by atoms with Gasteiger partial charge in [-0.25, -0.2) is 4.99 Å². The van der Waals surface area contributed by atoms with Crippen LogP contribution in [0.2, 0.25) is 5.02 Å². The molecular formula is C12H15ClN4. The van der Waals surface area contributed by atoms with Gasteiger partial charge in [-0.2, -0.15) is 0 Å². The Bertz CT molecular complexity index is 450. The van der Waals surface area contributed by atoms with E-state index in [9.17, 15) is 0 Å². The van der Waals surface area contributed by atoms with Gasteiger partial charge in [0.05, 0.1) is 5.70 Å². The van der Waals surface area contributed by atoms with Crippen molar-refractivity contribution in [3.63, 3.8) is 0 Å². The summed E-state index contributed by atoms with van der Waals surface area (Å²) < 4.78 is 0. The summed E-state index contributed by atoms with van der Waals surface area (Å²) in [4.78, 5) is 6.16. The minimum absolute atomic E-state index is 0.553. The number of benzene rings is 1. The number of nitrogens with zero attached hydrogens (tertiary/aromatic N) is 2. The summed E-state index contributed by atoms with van der Waals surface area (Å²) in [5.74, 6) is 0.553. The molecule has 0 amide bonds. The number of hydrogen-bond donors (Lipinski definition) is 2. The summed E-state index contributed by atoms with van der Waals surface area (Å²) >= 11 is 5.83. The molecule has 0 aromatic heterocycles. The Morgan fingerprint density at radius 2 is 2.12 bits per heavy atom. The molecule has 0 aliphatic carbocycles.